The minimum atomic E-state index is -3.29. The Morgan fingerprint density at radius 1 is 1.04 bits per heavy atom. The largest absolute Gasteiger partial charge is 0.376 e. The number of amides is 1. The zero-order chi connectivity index (χ0) is 19.3. The molecule has 0 aliphatic rings. The second-order valence-corrected chi connectivity index (χ2v) is 9.08. The van der Waals surface area contributed by atoms with E-state index < -0.39 is 9.84 Å². The fourth-order valence-corrected chi connectivity index (χ4v) is 4.12. The van der Waals surface area contributed by atoms with E-state index in [-0.39, 0.29) is 23.4 Å². The SMILES string of the molecule is CS(=O)(=O)c1cccc(NCC(=O)NC(c2ccccc2)c2cccs2)c1. The molecule has 27 heavy (non-hydrogen) atoms. The van der Waals surface area contributed by atoms with Crippen molar-refractivity contribution < 1.29 is 13.2 Å². The molecule has 2 aromatic carbocycles. The van der Waals surface area contributed by atoms with Crippen molar-refractivity contribution >= 4 is 32.8 Å². The van der Waals surface area contributed by atoms with E-state index in [1.54, 1.807) is 23.5 Å². The first-order chi connectivity index (χ1) is 12.9. The van der Waals surface area contributed by atoms with E-state index in [0.717, 1.165) is 16.7 Å². The quantitative estimate of drug-likeness (QED) is 0.637. The molecule has 0 bridgehead atoms. The van der Waals surface area contributed by atoms with Gasteiger partial charge in [0.2, 0.25) is 5.91 Å². The van der Waals surface area contributed by atoms with E-state index >= 15 is 0 Å². The van der Waals surface area contributed by atoms with Gasteiger partial charge in [-0.2, -0.15) is 0 Å². The van der Waals surface area contributed by atoms with E-state index in [1.165, 1.54) is 12.1 Å². The topological polar surface area (TPSA) is 75.3 Å². The third-order valence-electron chi connectivity index (χ3n) is 3.98. The Morgan fingerprint density at radius 2 is 1.81 bits per heavy atom. The monoisotopic (exact) mass is 400 g/mol. The van der Waals surface area contributed by atoms with Crippen molar-refractivity contribution in [2.24, 2.45) is 0 Å². The highest BCUT2D eigenvalue weighted by molar-refractivity contribution is 7.90. The van der Waals surface area contributed by atoms with Crippen LogP contribution in [0.15, 0.2) is 77.0 Å². The standard InChI is InChI=1S/C20H20N2O3S2/c1-27(24,25)17-10-5-9-16(13-17)21-14-19(23)22-20(18-11-6-12-26-18)15-7-3-2-4-8-15/h2-13,20-21H,14H2,1H3,(H,22,23). The van der Waals surface area contributed by atoms with Crippen molar-refractivity contribution in [2.75, 3.05) is 18.1 Å². The number of carbonyl (C=O) groups is 1. The predicted molar refractivity (Wildman–Crippen MR) is 109 cm³/mol. The number of anilines is 1. The molecule has 0 aliphatic carbocycles. The molecule has 140 valence electrons. The molecule has 1 atom stereocenters. The highest BCUT2D eigenvalue weighted by atomic mass is 32.2. The van der Waals surface area contributed by atoms with Crippen molar-refractivity contribution in [3.05, 3.63) is 82.6 Å². The molecule has 0 spiro atoms. The molecule has 1 amide bonds. The smallest absolute Gasteiger partial charge is 0.240 e. The van der Waals surface area contributed by atoms with E-state index in [2.05, 4.69) is 10.6 Å². The van der Waals surface area contributed by atoms with E-state index in [1.807, 2.05) is 47.8 Å². The Kier molecular flexibility index (Phi) is 5.93. The van der Waals surface area contributed by atoms with Crippen LogP contribution in [0.3, 0.4) is 0 Å². The highest BCUT2D eigenvalue weighted by Crippen LogP contribution is 2.25. The van der Waals surface area contributed by atoms with Gasteiger partial charge in [0.25, 0.3) is 0 Å². The van der Waals surface area contributed by atoms with Crippen LogP contribution in [0.5, 0.6) is 0 Å². The maximum atomic E-state index is 12.5. The zero-order valence-electron chi connectivity index (χ0n) is 14.8. The van der Waals surface area contributed by atoms with Crippen LogP contribution in [0.4, 0.5) is 5.69 Å². The number of sulfone groups is 1. The molecule has 2 N–H and O–H groups in total. The van der Waals surface area contributed by atoms with Gasteiger partial charge in [0.05, 0.1) is 17.5 Å². The molecule has 1 unspecified atom stereocenters. The van der Waals surface area contributed by atoms with Crippen molar-refractivity contribution in [3.8, 4) is 0 Å². The number of benzene rings is 2. The molecule has 3 rings (SSSR count). The van der Waals surface area contributed by atoms with Crippen LogP contribution in [0, 0.1) is 0 Å². The molecule has 0 radical (unpaired) electrons. The molecule has 3 aromatic rings. The van der Waals surface area contributed by atoms with E-state index in [9.17, 15) is 13.2 Å². The number of hydrogen-bond donors (Lipinski definition) is 2. The second kappa shape index (κ2) is 8.37. The molecule has 5 nitrogen and oxygen atoms in total. The second-order valence-electron chi connectivity index (χ2n) is 6.08. The minimum Gasteiger partial charge on any atom is -0.376 e. The van der Waals surface area contributed by atoms with Gasteiger partial charge in [0.1, 0.15) is 0 Å². The normalized spacial score (nSPS) is 12.3. The Bertz CT molecular complexity index is 1000. The van der Waals surface area contributed by atoms with Crippen LogP contribution >= 0.6 is 11.3 Å². The summed E-state index contributed by atoms with van der Waals surface area (Å²) in [5.41, 5.74) is 1.59. The van der Waals surface area contributed by atoms with Gasteiger partial charge in [-0.3, -0.25) is 4.79 Å². The fourth-order valence-electron chi connectivity index (χ4n) is 2.65. The maximum Gasteiger partial charge on any atom is 0.240 e. The van der Waals surface area contributed by atoms with Crippen LogP contribution < -0.4 is 10.6 Å². The number of thiophene rings is 1. The Hall–Kier alpha value is -2.64. The summed E-state index contributed by atoms with van der Waals surface area (Å²) < 4.78 is 23.3. The van der Waals surface area contributed by atoms with Gasteiger partial charge in [-0.05, 0) is 35.2 Å². The lowest BCUT2D eigenvalue weighted by atomic mass is 10.1. The van der Waals surface area contributed by atoms with Crippen LogP contribution in [0.25, 0.3) is 0 Å². The summed E-state index contributed by atoms with van der Waals surface area (Å²) in [6, 6.07) is 19.9. The van der Waals surface area contributed by atoms with E-state index in [4.69, 9.17) is 0 Å². The Morgan fingerprint density at radius 3 is 2.48 bits per heavy atom. The lowest BCUT2D eigenvalue weighted by molar-refractivity contribution is -0.119. The fraction of sp³-hybridized carbons (Fsp3) is 0.150. The molecular formula is C20H20N2O3S2. The predicted octanol–water partition coefficient (Wildman–Crippen LogP) is 3.47. The molecule has 1 aromatic heterocycles. The van der Waals surface area contributed by atoms with Crippen LogP contribution in [-0.4, -0.2) is 27.1 Å². The summed E-state index contributed by atoms with van der Waals surface area (Å²) >= 11 is 1.59. The number of nitrogens with one attached hydrogen (secondary N) is 2. The van der Waals surface area contributed by atoms with E-state index in [0.29, 0.717) is 5.69 Å². The lowest BCUT2D eigenvalue weighted by Crippen LogP contribution is -2.33. The number of carbonyl (C=O) groups excluding carboxylic acids is 1. The summed E-state index contributed by atoms with van der Waals surface area (Å²) in [6.45, 7) is 0.0436. The average molecular weight is 401 g/mol. The number of hydrogen-bond acceptors (Lipinski definition) is 5. The highest BCUT2D eigenvalue weighted by Gasteiger charge is 2.17. The zero-order valence-corrected chi connectivity index (χ0v) is 16.4. The molecule has 0 aliphatic heterocycles. The molecule has 1 heterocycles. The summed E-state index contributed by atoms with van der Waals surface area (Å²) in [4.78, 5) is 13.8. The Balaban J connectivity index is 1.69. The van der Waals surface area contributed by atoms with Gasteiger partial charge in [0, 0.05) is 16.8 Å². The summed E-state index contributed by atoms with van der Waals surface area (Å²) in [5, 5.41) is 8.01. The van der Waals surface area contributed by atoms with Crippen molar-refractivity contribution in [3.63, 3.8) is 0 Å². The van der Waals surface area contributed by atoms with Gasteiger partial charge in [-0.1, -0.05) is 42.5 Å². The third-order valence-corrected chi connectivity index (χ3v) is 6.03. The molecule has 7 heteroatoms. The Labute approximate surface area is 163 Å². The van der Waals surface area contributed by atoms with Crippen molar-refractivity contribution in [1.29, 1.82) is 0 Å². The molecule has 0 saturated heterocycles. The first kappa shape index (κ1) is 19.1. The van der Waals surface area contributed by atoms with Crippen molar-refractivity contribution in [1.82, 2.24) is 5.32 Å². The van der Waals surface area contributed by atoms with Gasteiger partial charge in [0.15, 0.2) is 9.84 Å². The summed E-state index contributed by atoms with van der Waals surface area (Å²) in [7, 11) is -3.29. The molecule has 0 fully saturated rings. The van der Waals surface area contributed by atoms with Crippen LogP contribution in [0.1, 0.15) is 16.5 Å². The first-order valence-corrected chi connectivity index (χ1v) is 11.1. The van der Waals surface area contributed by atoms with Crippen LogP contribution in [0.2, 0.25) is 0 Å². The number of rotatable bonds is 7. The van der Waals surface area contributed by atoms with Gasteiger partial charge in [-0.15, -0.1) is 11.3 Å². The average Bonchev–Trinajstić information content (AvgIpc) is 3.19. The summed E-state index contributed by atoms with van der Waals surface area (Å²) in [6.07, 6.45) is 1.16. The minimum absolute atomic E-state index is 0.0436. The van der Waals surface area contributed by atoms with Crippen LogP contribution in [-0.2, 0) is 14.6 Å². The van der Waals surface area contributed by atoms with Crippen molar-refractivity contribution in [2.45, 2.75) is 10.9 Å². The third kappa shape index (κ3) is 5.18. The van der Waals surface area contributed by atoms with Gasteiger partial charge in [-0.25, -0.2) is 8.42 Å². The maximum absolute atomic E-state index is 12.5. The lowest BCUT2D eigenvalue weighted by Gasteiger charge is -2.18. The van der Waals surface area contributed by atoms with Gasteiger partial charge >= 0.3 is 0 Å². The first-order valence-electron chi connectivity index (χ1n) is 8.35. The summed E-state index contributed by atoms with van der Waals surface area (Å²) in [5.74, 6) is -0.179. The van der Waals surface area contributed by atoms with Gasteiger partial charge < -0.3 is 10.6 Å². The molecule has 0 saturated carbocycles. The molecular weight excluding hydrogens is 380 g/mol.